The molecule has 0 aliphatic carbocycles. The highest BCUT2D eigenvalue weighted by molar-refractivity contribution is 6.30. The van der Waals surface area contributed by atoms with Gasteiger partial charge in [-0.05, 0) is 54.7 Å². The van der Waals surface area contributed by atoms with E-state index in [0.717, 1.165) is 42.0 Å². The van der Waals surface area contributed by atoms with Crippen LogP contribution in [0.2, 0.25) is 5.02 Å². The zero-order valence-electron chi connectivity index (χ0n) is 14.9. The number of halogens is 1. The molecule has 26 heavy (non-hydrogen) atoms. The largest absolute Gasteiger partial charge is 0.493 e. The number of imide groups is 1. The minimum Gasteiger partial charge on any atom is -0.493 e. The molecule has 2 rings (SSSR count). The predicted molar refractivity (Wildman–Crippen MR) is 103 cm³/mol. The lowest BCUT2D eigenvalue weighted by molar-refractivity contribution is -0.128. The molecule has 5 heteroatoms. The fraction of sp³-hybridized carbons (Fsp3) is 0.333. The van der Waals surface area contributed by atoms with Crippen molar-refractivity contribution in [2.75, 3.05) is 6.61 Å². The molecule has 0 aliphatic heterocycles. The first-order chi connectivity index (χ1) is 12.6. The third-order valence-corrected chi connectivity index (χ3v) is 4.46. The van der Waals surface area contributed by atoms with Crippen molar-refractivity contribution in [3.05, 3.63) is 64.7 Å². The second-order valence-corrected chi connectivity index (χ2v) is 6.73. The molecule has 1 unspecified atom stereocenters. The molecule has 0 heterocycles. The average molecular weight is 374 g/mol. The Balaban J connectivity index is 1.70. The fourth-order valence-corrected chi connectivity index (χ4v) is 2.89. The minimum absolute atomic E-state index is 0.158. The molecule has 2 aromatic rings. The van der Waals surface area contributed by atoms with E-state index >= 15 is 0 Å². The summed E-state index contributed by atoms with van der Waals surface area (Å²) in [7, 11) is 0. The van der Waals surface area contributed by atoms with Crippen LogP contribution in [0.25, 0.3) is 0 Å². The first-order valence-corrected chi connectivity index (χ1v) is 9.16. The lowest BCUT2D eigenvalue weighted by atomic mass is 10.0. The van der Waals surface area contributed by atoms with Crippen molar-refractivity contribution < 1.29 is 14.3 Å². The van der Waals surface area contributed by atoms with Crippen LogP contribution in [-0.4, -0.2) is 18.9 Å². The second-order valence-electron chi connectivity index (χ2n) is 6.29. The lowest BCUT2D eigenvalue weighted by Gasteiger charge is -2.10. The van der Waals surface area contributed by atoms with E-state index < -0.39 is 0 Å². The fourth-order valence-electron chi connectivity index (χ4n) is 2.68. The molecule has 0 spiro atoms. The molecule has 0 saturated heterocycles. The molecule has 2 aromatic carbocycles. The van der Waals surface area contributed by atoms with Crippen LogP contribution in [0.1, 0.15) is 30.9 Å². The van der Waals surface area contributed by atoms with E-state index in [-0.39, 0.29) is 11.8 Å². The highest BCUT2D eigenvalue weighted by Crippen LogP contribution is 2.16. The molecule has 0 aromatic heterocycles. The van der Waals surface area contributed by atoms with Gasteiger partial charge in [-0.2, -0.15) is 0 Å². The summed E-state index contributed by atoms with van der Waals surface area (Å²) in [6.07, 6.45) is 3.77. The third-order valence-electron chi connectivity index (χ3n) is 4.22. The average Bonchev–Trinajstić information content (AvgIpc) is 2.63. The van der Waals surface area contributed by atoms with Gasteiger partial charge in [-0.25, -0.2) is 0 Å². The molecular weight excluding hydrogens is 350 g/mol. The van der Waals surface area contributed by atoms with Crippen molar-refractivity contribution >= 4 is 23.9 Å². The van der Waals surface area contributed by atoms with E-state index in [2.05, 4.69) is 5.32 Å². The van der Waals surface area contributed by atoms with E-state index in [0.29, 0.717) is 13.0 Å². The van der Waals surface area contributed by atoms with Gasteiger partial charge in [0.05, 0.1) is 6.61 Å². The van der Waals surface area contributed by atoms with Crippen LogP contribution in [0.4, 0.5) is 0 Å². The molecule has 0 aliphatic rings. The van der Waals surface area contributed by atoms with Crippen LogP contribution in [-0.2, 0) is 22.4 Å². The summed E-state index contributed by atoms with van der Waals surface area (Å²) in [5.74, 6) is 0.465. The van der Waals surface area contributed by atoms with Crippen molar-refractivity contribution in [2.45, 2.75) is 32.6 Å². The molecule has 4 nitrogen and oxygen atoms in total. The topological polar surface area (TPSA) is 55.4 Å². The Bertz CT molecular complexity index is 715. The Morgan fingerprint density at radius 3 is 2.62 bits per heavy atom. The van der Waals surface area contributed by atoms with Gasteiger partial charge in [-0.3, -0.25) is 14.9 Å². The SMILES string of the molecule is CC(CCCc1ccc(OCCc2cccc(Cl)c2)cc1)C(=O)NC=O. The van der Waals surface area contributed by atoms with Crippen LogP contribution in [0, 0.1) is 5.92 Å². The van der Waals surface area contributed by atoms with Gasteiger partial charge in [0, 0.05) is 17.4 Å². The number of carbonyl (C=O) groups is 2. The summed E-state index contributed by atoms with van der Waals surface area (Å²) in [6, 6.07) is 15.8. The van der Waals surface area contributed by atoms with E-state index in [1.807, 2.05) is 55.5 Å². The van der Waals surface area contributed by atoms with Gasteiger partial charge in [0.15, 0.2) is 0 Å². The number of benzene rings is 2. The number of hydrogen-bond acceptors (Lipinski definition) is 3. The van der Waals surface area contributed by atoms with E-state index in [9.17, 15) is 9.59 Å². The predicted octanol–water partition coefficient (Wildman–Crippen LogP) is 4.19. The van der Waals surface area contributed by atoms with Gasteiger partial charge in [0.2, 0.25) is 12.3 Å². The minimum atomic E-state index is -0.219. The smallest absolute Gasteiger partial charge is 0.229 e. The number of carbonyl (C=O) groups excluding carboxylic acids is 2. The zero-order chi connectivity index (χ0) is 18.8. The number of rotatable bonds is 10. The maximum absolute atomic E-state index is 11.5. The second kappa shape index (κ2) is 10.6. The van der Waals surface area contributed by atoms with Gasteiger partial charge in [0.1, 0.15) is 5.75 Å². The Labute approximate surface area is 159 Å². The summed E-state index contributed by atoms with van der Waals surface area (Å²) in [5, 5.41) is 2.93. The van der Waals surface area contributed by atoms with Crippen LogP contribution >= 0.6 is 11.6 Å². The highest BCUT2D eigenvalue weighted by atomic mass is 35.5. The molecule has 2 amide bonds. The third kappa shape index (κ3) is 6.89. The molecular formula is C21H24ClNO3. The quantitative estimate of drug-likeness (QED) is 0.635. The summed E-state index contributed by atoms with van der Waals surface area (Å²) >= 11 is 5.97. The molecule has 0 saturated carbocycles. The van der Waals surface area contributed by atoms with Gasteiger partial charge in [-0.1, -0.05) is 42.8 Å². The van der Waals surface area contributed by atoms with Gasteiger partial charge < -0.3 is 4.74 Å². The molecule has 138 valence electrons. The van der Waals surface area contributed by atoms with Crippen molar-refractivity contribution in [2.24, 2.45) is 5.92 Å². The molecule has 0 fully saturated rings. The number of ether oxygens (including phenoxy) is 1. The maximum Gasteiger partial charge on any atom is 0.229 e. The Kier molecular flexibility index (Phi) is 8.16. The highest BCUT2D eigenvalue weighted by Gasteiger charge is 2.11. The number of aryl methyl sites for hydroxylation is 1. The van der Waals surface area contributed by atoms with Crippen LogP contribution in [0.5, 0.6) is 5.75 Å². The van der Waals surface area contributed by atoms with Crippen molar-refractivity contribution in [3.63, 3.8) is 0 Å². The zero-order valence-corrected chi connectivity index (χ0v) is 15.7. The van der Waals surface area contributed by atoms with Crippen LogP contribution < -0.4 is 10.1 Å². The van der Waals surface area contributed by atoms with E-state index in [4.69, 9.17) is 16.3 Å². The summed E-state index contributed by atoms with van der Waals surface area (Å²) in [4.78, 5) is 21.8. The standard InChI is InChI=1S/C21H24ClNO3/c1-16(21(25)23-15-24)4-2-5-17-8-10-20(11-9-17)26-13-12-18-6-3-7-19(22)14-18/h3,6-11,14-16H,2,4-5,12-13H2,1H3,(H,23,24,25). The number of hydrogen-bond donors (Lipinski definition) is 1. The van der Waals surface area contributed by atoms with Gasteiger partial charge >= 0.3 is 0 Å². The molecule has 0 bridgehead atoms. The first kappa shape index (κ1) is 20.0. The van der Waals surface area contributed by atoms with Gasteiger partial charge in [0.25, 0.3) is 0 Å². The molecule has 0 radical (unpaired) electrons. The summed E-state index contributed by atoms with van der Waals surface area (Å²) < 4.78 is 5.78. The number of nitrogens with one attached hydrogen (secondary N) is 1. The Morgan fingerprint density at radius 1 is 1.15 bits per heavy atom. The van der Waals surface area contributed by atoms with Crippen molar-refractivity contribution in [3.8, 4) is 5.75 Å². The van der Waals surface area contributed by atoms with E-state index in [1.54, 1.807) is 0 Å². The maximum atomic E-state index is 11.5. The monoisotopic (exact) mass is 373 g/mol. The van der Waals surface area contributed by atoms with Crippen molar-refractivity contribution in [1.82, 2.24) is 5.32 Å². The molecule has 1 N–H and O–H groups in total. The van der Waals surface area contributed by atoms with Gasteiger partial charge in [-0.15, -0.1) is 0 Å². The summed E-state index contributed by atoms with van der Waals surface area (Å²) in [5.41, 5.74) is 2.36. The van der Waals surface area contributed by atoms with Crippen LogP contribution in [0.15, 0.2) is 48.5 Å². The van der Waals surface area contributed by atoms with E-state index in [1.165, 1.54) is 5.56 Å². The first-order valence-electron chi connectivity index (χ1n) is 8.78. The molecule has 1 atom stereocenters. The lowest BCUT2D eigenvalue weighted by Crippen LogP contribution is -2.27. The number of amides is 2. The summed E-state index contributed by atoms with van der Waals surface area (Å²) in [6.45, 7) is 2.43. The van der Waals surface area contributed by atoms with Crippen molar-refractivity contribution in [1.29, 1.82) is 0 Å². The Morgan fingerprint density at radius 2 is 1.92 bits per heavy atom. The Hall–Kier alpha value is -2.33. The van der Waals surface area contributed by atoms with Crippen LogP contribution in [0.3, 0.4) is 0 Å². The normalized spacial score (nSPS) is 11.6.